The minimum atomic E-state index is -0.629. The summed E-state index contributed by atoms with van der Waals surface area (Å²) in [6.45, 7) is 1.32. The third-order valence-corrected chi connectivity index (χ3v) is 4.76. The molecule has 0 aliphatic rings. The zero-order chi connectivity index (χ0) is 23.1. The van der Waals surface area contributed by atoms with E-state index in [-0.39, 0.29) is 35.8 Å². The van der Waals surface area contributed by atoms with Gasteiger partial charge in [0.15, 0.2) is 0 Å². The van der Waals surface area contributed by atoms with Crippen molar-refractivity contribution in [2.45, 2.75) is 19.4 Å². The lowest BCUT2D eigenvalue weighted by Crippen LogP contribution is -2.23. The van der Waals surface area contributed by atoms with Gasteiger partial charge in [0.25, 0.3) is 5.56 Å². The van der Waals surface area contributed by atoms with E-state index in [0.717, 1.165) is 42.3 Å². The number of carbonyl (C=O) groups excluding carboxylic acids is 1. The Kier molecular flexibility index (Phi) is 7.83. The van der Waals surface area contributed by atoms with Crippen LogP contribution in [0.4, 0.5) is 8.78 Å². The lowest BCUT2D eigenvalue weighted by atomic mass is 10.1. The van der Waals surface area contributed by atoms with Crippen LogP contribution in [0.15, 0.2) is 59.4 Å². The molecular formula is C24H25F2N3O3. The first-order valence-electron chi connectivity index (χ1n) is 10.2. The fraction of sp³-hybridized carbons (Fsp3) is 0.292. The van der Waals surface area contributed by atoms with Crippen LogP contribution in [0.25, 0.3) is 11.3 Å². The van der Waals surface area contributed by atoms with E-state index in [1.54, 1.807) is 24.3 Å². The molecule has 1 aromatic heterocycles. The summed E-state index contributed by atoms with van der Waals surface area (Å²) in [5.74, 6) is -1.54. The van der Waals surface area contributed by atoms with Crippen molar-refractivity contribution in [1.29, 1.82) is 0 Å². The van der Waals surface area contributed by atoms with Gasteiger partial charge < -0.3 is 9.64 Å². The van der Waals surface area contributed by atoms with Gasteiger partial charge in [-0.15, -0.1) is 0 Å². The summed E-state index contributed by atoms with van der Waals surface area (Å²) in [5.41, 5.74) is 1.25. The van der Waals surface area contributed by atoms with Gasteiger partial charge >= 0.3 is 5.97 Å². The monoisotopic (exact) mass is 441 g/mol. The molecule has 168 valence electrons. The molecule has 0 atom stereocenters. The molecule has 8 heteroatoms. The molecule has 0 fully saturated rings. The van der Waals surface area contributed by atoms with Crippen LogP contribution in [0, 0.1) is 11.6 Å². The number of esters is 1. The van der Waals surface area contributed by atoms with Crippen molar-refractivity contribution in [3.63, 3.8) is 0 Å². The SMILES string of the molecule is CN(C)CCCOC(=O)Cc1cccc(Cn2nc(-c3cc(F)ccc3F)ccc2=O)c1. The van der Waals surface area contributed by atoms with E-state index in [1.165, 1.54) is 16.8 Å². The molecule has 0 aliphatic heterocycles. The lowest BCUT2D eigenvalue weighted by molar-refractivity contribution is -0.143. The number of aromatic nitrogens is 2. The Balaban J connectivity index is 1.71. The van der Waals surface area contributed by atoms with Crippen LogP contribution in [0.1, 0.15) is 17.5 Å². The third kappa shape index (κ3) is 6.55. The van der Waals surface area contributed by atoms with Crippen molar-refractivity contribution in [2.24, 2.45) is 0 Å². The number of nitrogens with zero attached hydrogens (tertiary/aromatic N) is 3. The largest absolute Gasteiger partial charge is 0.465 e. The summed E-state index contributed by atoms with van der Waals surface area (Å²) in [6, 6.07) is 12.9. The second-order valence-corrected chi connectivity index (χ2v) is 7.71. The molecule has 0 saturated heterocycles. The fourth-order valence-corrected chi connectivity index (χ4v) is 3.20. The topological polar surface area (TPSA) is 64.4 Å². The number of benzene rings is 2. The summed E-state index contributed by atoms with van der Waals surface area (Å²) in [6.07, 6.45) is 0.877. The maximum Gasteiger partial charge on any atom is 0.310 e. The number of ether oxygens (including phenoxy) is 1. The highest BCUT2D eigenvalue weighted by Gasteiger charge is 2.11. The van der Waals surface area contributed by atoms with Gasteiger partial charge in [-0.05, 0) is 55.9 Å². The normalized spacial score (nSPS) is 11.0. The number of halogens is 2. The van der Waals surface area contributed by atoms with Crippen molar-refractivity contribution < 1.29 is 18.3 Å². The lowest BCUT2D eigenvalue weighted by Gasteiger charge is -2.11. The van der Waals surface area contributed by atoms with Gasteiger partial charge in [0.2, 0.25) is 0 Å². The zero-order valence-corrected chi connectivity index (χ0v) is 18.1. The molecule has 6 nitrogen and oxygen atoms in total. The van der Waals surface area contributed by atoms with E-state index in [1.807, 2.05) is 19.0 Å². The van der Waals surface area contributed by atoms with Crippen molar-refractivity contribution in [3.05, 3.63) is 87.7 Å². The first-order valence-corrected chi connectivity index (χ1v) is 10.2. The Morgan fingerprint density at radius 2 is 1.84 bits per heavy atom. The minimum absolute atomic E-state index is 0.0236. The molecule has 0 saturated carbocycles. The summed E-state index contributed by atoms with van der Waals surface area (Å²) >= 11 is 0. The fourth-order valence-electron chi connectivity index (χ4n) is 3.20. The highest BCUT2D eigenvalue weighted by Crippen LogP contribution is 2.21. The van der Waals surface area contributed by atoms with E-state index >= 15 is 0 Å². The first-order chi connectivity index (χ1) is 15.3. The van der Waals surface area contributed by atoms with E-state index in [4.69, 9.17) is 4.74 Å². The van der Waals surface area contributed by atoms with Gasteiger partial charge in [-0.25, -0.2) is 13.5 Å². The Morgan fingerprint density at radius 1 is 1.06 bits per heavy atom. The smallest absolute Gasteiger partial charge is 0.310 e. The molecule has 32 heavy (non-hydrogen) atoms. The molecule has 0 amide bonds. The highest BCUT2D eigenvalue weighted by atomic mass is 19.1. The second kappa shape index (κ2) is 10.8. The van der Waals surface area contributed by atoms with Crippen LogP contribution in [0.3, 0.4) is 0 Å². The molecule has 0 N–H and O–H groups in total. The summed E-state index contributed by atoms with van der Waals surface area (Å²) in [5, 5.41) is 4.20. The zero-order valence-electron chi connectivity index (χ0n) is 18.1. The van der Waals surface area contributed by atoms with Gasteiger partial charge in [-0.1, -0.05) is 24.3 Å². The molecule has 3 rings (SSSR count). The molecule has 0 bridgehead atoms. The number of carbonyl (C=O) groups is 1. The Bertz CT molecular complexity index is 1150. The molecule has 2 aromatic carbocycles. The Labute approximate surface area is 185 Å². The summed E-state index contributed by atoms with van der Waals surface area (Å²) < 4.78 is 34.1. The molecule has 3 aromatic rings. The van der Waals surface area contributed by atoms with Crippen LogP contribution < -0.4 is 5.56 Å². The van der Waals surface area contributed by atoms with Crippen LogP contribution in [0.5, 0.6) is 0 Å². The number of hydrogen-bond donors (Lipinski definition) is 0. The van der Waals surface area contributed by atoms with E-state index in [2.05, 4.69) is 5.10 Å². The van der Waals surface area contributed by atoms with Crippen LogP contribution in [-0.4, -0.2) is 47.9 Å². The average molecular weight is 441 g/mol. The minimum Gasteiger partial charge on any atom is -0.465 e. The summed E-state index contributed by atoms with van der Waals surface area (Å²) in [7, 11) is 3.91. The van der Waals surface area contributed by atoms with Gasteiger partial charge in [0, 0.05) is 18.2 Å². The Hall–Kier alpha value is -3.39. The second-order valence-electron chi connectivity index (χ2n) is 7.71. The van der Waals surface area contributed by atoms with Crippen molar-refractivity contribution in [2.75, 3.05) is 27.2 Å². The maximum absolute atomic E-state index is 14.1. The van der Waals surface area contributed by atoms with Gasteiger partial charge in [0.1, 0.15) is 11.6 Å². The molecule has 0 aliphatic carbocycles. The quantitative estimate of drug-likeness (QED) is 0.377. The maximum atomic E-state index is 14.1. The highest BCUT2D eigenvalue weighted by molar-refractivity contribution is 5.72. The van der Waals surface area contributed by atoms with Gasteiger partial charge in [-0.3, -0.25) is 9.59 Å². The van der Waals surface area contributed by atoms with E-state index in [0.29, 0.717) is 6.61 Å². The molecule has 0 spiro atoms. The third-order valence-electron chi connectivity index (χ3n) is 4.76. The Morgan fingerprint density at radius 3 is 2.62 bits per heavy atom. The molecule has 0 radical (unpaired) electrons. The van der Waals surface area contributed by atoms with Crippen LogP contribution in [0.2, 0.25) is 0 Å². The average Bonchev–Trinajstić information content (AvgIpc) is 2.75. The molecule has 1 heterocycles. The van der Waals surface area contributed by atoms with Crippen molar-refractivity contribution >= 4 is 5.97 Å². The van der Waals surface area contributed by atoms with E-state index in [9.17, 15) is 18.4 Å². The number of rotatable bonds is 9. The standard InChI is InChI=1S/C24H25F2N3O3/c1-28(2)11-4-12-32-24(31)14-17-5-3-6-18(13-17)16-29-23(30)10-9-22(27-29)20-15-19(25)7-8-21(20)26/h3,5-10,13,15H,4,11-12,14,16H2,1-2H3. The van der Waals surface area contributed by atoms with Gasteiger partial charge in [-0.2, -0.15) is 5.10 Å². The number of hydrogen-bond acceptors (Lipinski definition) is 5. The van der Waals surface area contributed by atoms with Gasteiger partial charge in [0.05, 0.1) is 25.3 Å². The van der Waals surface area contributed by atoms with Crippen LogP contribution in [-0.2, 0) is 22.5 Å². The first kappa shape index (κ1) is 23.3. The van der Waals surface area contributed by atoms with Crippen molar-refractivity contribution in [1.82, 2.24) is 14.7 Å². The summed E-state index contributed by atoms with van der Waals surface area (Å²) in [4.78, 5) is 26.4. The molecule has 0 unspecified atom stereocenters. The van der Waals surface area contributed by atoms with Crippen molar-refractivity contribution in [3.8, 4) is 11.3 Å². The predicted octanol–water partition coefficient (Wildman–Crippen LogP) is 3.27. The molecular weight excluding hydrogens is 416 g/mol. The van der Waals surface area contributed by atoms with E-state index < -0.39 is 11.6 Å². The predicted molar refractivity (Wildman–Crippen MR) is 117 cm³/mol. The van der Waals surface area contributed by atoms with Crippen LogP contribution >= 0.6 is 0 Å².